The second kappa shape index (κ2) is 4.79. The quantitative estimate of drug-likeness (QED) is 0.563. The Morgan fingerprint density at radius 3 is 2.24 bits per heavy atom. The van der Waals surface area contributed by atoms with E-state index in [2.05, 4.69) is 20.1 Å². The third-order valence-corrected chi connectivity index (χ3v) is 3.28. The number of hydrogen-bond donors (Lipinski definition) is 0. The van der Waals surface area contributed by atoms with Crippen molar-refractivity contribution in [3.05, 3.63) is 67.4 Å². The largest absolute Gasteiger partial charge is 0.264 e. The summed E-state index contributed by atoms with van der Waals surface area (Å²) >= 11 is 0. The maximum Gasteiger partial charge on any atom is 0.154 e. The Balaban J connectivity index is 1.91. The van der Waals surface area contributed by atoms with Crippen molar-refractivity contribution in [3.8, 4) is 22.5 Å². The zero-order valence-corrected chi connectivity index (χ0v) is 11.1. The average molecular weight is 273 g/mol. The fourth-order valence-electron chi connectivity index (χ4n) is 2.25. The minimum Gasteiger partial charge on any atom is -0.264 e. The van der Waals surface area contributed by atoms with Crippen LogP contribution in [0, 0.1) is 0 Å². The third-order valence-electron chi connectivity index (χ3n) is 3.28. The van der Waals surface area contributed by atoms with Crippen LogP contribution in [0.3, 0.4) is 0 Å². The Morgan fingerprint density at radius 1 is 0.762 bits per heavy atom. The molecule has 0 atom stereocenters. The summed E-state index contributed by atoms with van der Waals surface area (Å²) in [5, 5.41) is 4.67. The molecule has 0 aliphatic rings. The molecule has 0 saturated heterocycles. The number of rotatable bonds is 2. The van der Waals surface area contributed by atoms with Crippen LogP contribution in [0.2, 0.25) is 0 Å². The average Bonchev–Trinajstić information content (AvgIpc) is 2.99. The standard InChI is InChI=1S/C16H11N5/c1-3-12(9-17-7-1)14-5-6-16-19-11-15(21(16)20-14)13-4-2-8-18-10-13/h1-11H. The number of pyridine rings is 2. The van der Waals surface area contributed by atoms with Gasteiger partial charge in [0.2, 0.25) is 0 Å². The lowest BCUT2D eigenvalue weighted by Gasteiger charge is -2.04. The molecule has 0 amide bonds. The Hall–Kier alpha value is -3.08. The first kappa shape index (κ1) is 11.7. The minimum absolute atomic E-state index is 0.807. The van der Waals surface area contributed by atoms with Crippen LogP contribution >= 0.6 is 0 Å². The molecule has 4 aromatic rings. The molecule has 4 heterocycles. The zero-order valence-electron chi connectivity index (χ0n) is 11.1. The highest BCUT2D eigenvalue weighted by atomic mass is 15.3. The molecule has 0 N–H and O–H groups in total. The van der Waals surface area contributed by atoms with Gasteiger partial charge in [-0.3, -0.25) is 9.97 Å². The lowest BCUT2D eigenvalue weighted by atomic mass is 10.2. The molecule has 0 fully saturated rings. The van der Waals surface area contributed by atoms with E-state index in [-0.39, 0.29) is 0 Å². The van der Waals surface area contributed by atoms with Gasteiger partial charge in [-0.15, -0.1) is 0 Å². The van der Waals surface area contributed by atoms with Crippen LogP contribution in [0.1, 0.15) is 0 Å². The summed E-state index contributed by atoms with van der Waals surface area (Å²) in [5.74, 6) is 0. The minimum atomic E-state index is 0.807. The van der Waals surface area contributed by atoms with Crippen molar-refractivity contribution in [1.29, 1.82) is 0 Å². The number of hydrogen-bond acceptors (Lipinski definition) is 4. The second-order valence-electron chi connectivity index (χ2n) is 4.62. The summed E-state index contributed by atoms with van der Waals surface area (Å²) in [6, 6.07) is 11.7. The van der Waals surface area contributed by atoms with Crippen molar-refractivity contribution in [3.63, 3.8) is 0 Å². The van der Waals surface area contributed by atoms with Gasteiger partial charge >= 0.3 is 0 Å². The van der Waals surface area contributed by atoms with Crippen molar-refractivity contribution >= 4 is 5.65 Å². The summed E-state index contributed by atoms with van der Waals surface area (Å²) in [6.45, 7) is 0. The van der Waals surface area contributed by atoms with Crippen molar-refractivity contribution in [2.75, 3.05) is 0 Å². The van der Waals surface area contributed by atoms with Crippen molar-refractivity contribution in [2.45, 2.75) is 0 Å². The Labute approximate surface area is 121 Å². The highest BCUT2D eigenvalue weighted by molar-refractivity contribution is 5.64. The van der Waals surface area contributed by atoms with Gasteiger partial charge in [0, 0.05) is 35.9 Å². The molecule has 0 radical (unpaired) electrons. The van der Waals surface area contributed by atoms with Gasteiger partial charge in [0.15, 0.2) is 5.65 Å². The van der Waals surface area contributed by atoms with Crippen LogP contribution in [0.15, 0.2) is 67.4 Å². The first-order valence-electron chi connectivity index (χ1n) is 6.57. The van der Waals surface area contributed by atoms with Gasteiger partial charge in [-0.05, 0) is 36.4 Å². The first-order chi connectivity index (χ1) is 10.4. The van der Waals surface area contributed by atoms with E-state index >= 15 is 0 Å². The van der Waals surface area contributed by atoms with Gasteiger partial charge < -0.3 is 0 Å². The SMILES string of the molecule is c1cncc(-c2ccc3ncc(-c4cccnc4)n3n2)c1. The van der Waals surface area contributed by atoms with E-state index in [1.165, 1.54) is 0 Å². The molecule has 5 heteroatoms. The van der Waals surface area contributed by atoms with Crippen LogP contribution < -0.4 is 0 Å². The molecule has 0 saturated carbocycles. The summed E-state index contributed by atoms with van der Waals surface area (Å²) in [7, 11) is 0. The van der Waals surface area contributed by atoms with Gasteiger partial charge in [-0.2, -0.15) is 5.10 Å². The van der Waals surface area contributed by atoms with Crippen LogP contribution in [-0.4, -0.2) is 24.6 Å². The molecule has 0 aliphatic heterocycles. The predicted octanol–water partition coefficient (Wildman–Crippen LogP) is 2.85. The molecule has 0 bridgehead atoms. The molecule has 100 valence electrons. The van der Waals surface area contributed by atoms with Crippen LogP contribution in [-0.2, 0) is 0 Å². The normalized spacial score (nSPS) is 10.9. The van der Waals surface area contributed by atoms with Gasteiger partial charge in [-0.25, -0.2) is 9.50 Å². The smallest absolute Gasteiger partial charge is 0.154 e. The summed E-state index contributed by atoms with van der Waals surface area (Å²) in [6.07, 6.45) is 8.92. The summed E-state index contributed by atoms with van der Waals surface area (Å²) in [4.78, 5) is 12.7. The van der Waals surface area contributed by atoms with Gasteiger partial charge in [0.05, 0.1) is 17.6 Å². The Bertz CT molecular complexity index is 884. The molecule has 0 aromatic carbocycles. The lowest BCUT2D eigenvalue weighted by Crippen LogP contribution is -1.97. The topological polar surface area (TPSA) is 56.0 Å². The van der Waals surface area contributed by atoms with E-state index in [1.807, 2.05) is 53.3 Å². The molecule has 4 aromatic heterocycles. The highest BCUT2D eigenvalue weighted by Gasteiger charge is 2.08. The van der Waals surface area contributed by atoms with E-state index in [0.29, 0.717) is 0 Å². The van der Waals surface area contributed by atoms with E-state index in [1.54, 1.807) is 18.6 Å². The molecule has 0 spiro atoms. The monoisotopic (exact) mass is 273 g/mol. The fraction of sp³-hybridized carbons (Fsp3) is 0. The highest BCUT2D eigenvalue weighted by Crippen LogP contribution is 2.21. The summed E-state index contributed by atoms with van der Waals surface area (Å²) in [5.41, 5.74) is 4.55. The summed E-state index contributed by atoms with van der Waals surface area (Å²) < 4.78 is 1.83. The van der Waals surface area contributed by atoms with Crippen molar-refractivity contribution < 1.29 is 0 Å². The number of nitrogens with zero attached hydrogens (tertiary/aromatic N) is 5. The molecule has 4 rings (SSSR count). The Morgan fingerprint density at radius 2 is 1.52 bits per heavy atom. The van der Waals surface area contributed by atoms with Gasteiger partial charge in [0.1, 0.15) is 0 Å². The van der Waals surface area contributed by atoms with E-state index < -0.39 is 0 Å². The van der Waals surface area contributed by atoms with Crippen molar-refractivity contribution in [2.24, 2.45) is 0 Å². The van der Waals surface area contributed by atoms with E-state index in [9.17, 15) is 0 Å². The molecule has 0 unspecified atom stereocenters. The maximum absolute atomic E-state index is 4.67. The maximum atomic E-state index is 4.67. The van der Waals surface area contributed by atoms with Crippen LogP contribution in [0.25, 0.3) is 28.2 Å². The van der Waals surface area contributed by atoms with Gasteiger partial charge in [-0.1, -0.05) is 0 Å². The van der Waals surface area contributed by atoms with Crippen molar-refractivity contribution in [1.82, 2.24) is 24.6 Å². The van der Waals surface area contributed by atoms with Crippen LogP contribution in [0.5, 0.6) is 0 Å². The van der Waals surface area contributed by atoms with Gasteiger partial charge in [0.25, 0.3) is 0 Å². The first-order valence-corrected chi connectivity index (χ1v) is 6.57. The second-order valence-corrected chi connectivity index (χ2v) is 4.62. The van der Waals surface area contributed by atoms with E-state index in [4.69, 9.17) is 0 Å². The molecule has 5 nitrogen and oxygen atoms in total. The predicted molar refractivity (Wildman–Crippen MR) is 79.4 cm³/mol. The third kappa shape index (κ3) is 2.04. The van der Waals surface area contributed by atoms with Crippen LogP contribution in [0.4, 0.5) is 0 Å². The number of imidazole rings is 1. The lowest BCUT2D eigenvalue weighted by molar-refractivity contribution is 0.947. The number of fused-ring (bicyclic) bond motifs is 1. The zero-order chi connectivity index (χ0) is 14.1. The molecule has 21 heavy (non-hydrogen) atoms. The molecular weight excluding hydrogens is 262 g/mol. The molecular formula is C16H11N5. The Kier molecular flexibility index (Phi) is 2.67. The fourth-order valence-corrected chi connectivity index (χ4v) is 2.25. The molecule has 0 aliphatic carbocycles. The van der Waals surface area contributed by atoms with E-state index in [0.717, 1.165) is 28.2 Å². The number of aromatic nitrogens is 5.